The molecular weight excluding hydrogens is 476 g/mol. The van der Waals surface area contributed by atoms with Crippen LogP contribution in [0, 0.1) is 0 Å². The number of aromatic nitrogens is 3. The van der Waals surface area contributed by atoms with Gasteiger partial charge in [-0.25, -0.2) is 4.79 Å². The van der Waals surface area contributed by atoms with Gasteiger partial charge in [0.05, 0.1) is 13.2 Å². The molecule has 0 amide bonds. The third-order valence-electron chi connectivity index (χ3n) is 7.31. The first-order valence-corrected chi connectivity index (χ1v) is 13.3. The molecule has 2 N–H and O–H groups in total. The number of pyridine rings is 1. The Morgan fingerprint density at radius 3 is 2.34 bits per heavy atom. The van der Waals surface area contributed by atoms with Crippen LogP contribution in [0.4, 0.5) is 0 Å². The zero-order chi connectivity index (χ0) is 26.1. The van der Waals surface area contributed by atoms with Gasteiger partial charge >= 0.3 is 5.97 Å². The van der Waals surface area contributed by atoms with Gasteiger partial charge in [0.25, 0.3) is 0 Å². The molecule has 2 saturated carbocycles. The van der Waals surface area contributed by atoms with E-state index in [1.54, 1.807) is 24.0 Å². The summed E-state index contributed by atoms with van der Waals surface area (Å²) in [6, 6.07) is 20.3. The summed E-state index contributed by atoms with van der Waals surface area (Å²) in [6.07, 6.45) is 7.86. The number of nitrogens with two attached hydrogens (primary N) is 1. The molecule has 0 aliphatic heterocycles. The maximum atomic E-state index is 13.2. The lowest BCUT2D eigenvalue weighted by Crippen LogP contribution is -2.30. The van der Waals surface area contributed by atoms with Crippen molar-refractivity contribution in [3.63, 3.8) is 0 Å². The summed E-state index contributed by atoms with van der Waals surface area (Å²) < 4.78 is 13.3. The van der Waals surface area contributed by atoms with E-state index in [1.165, 1.54) is 18.4 Å². The first kappa shape index (κ1) is 24.4. The summed E-state index contributed by atoms with van der Waals surface area (Å²) in [5.41, 5.74) is 12.2. The Morgan fingerprint density at radius 1 is 1.00 bits per heavy atom. The molecule has 2 aliphatic carbocycles. The lowest BCUT2D eigenvalue weighted by molar-refractivity contribution is 0.0512. The normalized spacial score (nSPS) is 15.7. The molecule has 194 valence electrons. The van der Waals surface area contributed by atoms with Crippen LogP contribution >= 0.6 is 0 Å². The highest BCUT2D eigenvalue weighted by molar-refractivity contribution is 6.00. The van der Waals surface area contributed by atoms with Crippen LogP contribution < -0.4 is 10.5 Å². The Bertz CT molecular complexity index is 1420. The lowest BCUT2D eigenvalue weighted by Gasteiger charge is -2.13. The van der Waals surface area contributed by atoms with Crippen LogP contribution in [0.15, 0.2) is 73.1 Å². The smallest absolute Gasteiger partial charge is 0.357 e. The van der Waals surface area contributed by atoms with Crippen molar-refractivity contribution in [2.75, 3.05) is 6.61 Å². The Kier molecular flexibility index (Phi) is 6.45. The molecule has 0 atom stereocenters. The molecule has 2 aromatic carbocycles. The van der Waals surface area contributed by atoms with Crippen molar-refractivity contribution in [1.29, 1.82) is 0 Å². The average molecular weight is 509 g/mol. The van der Waals surface area contributed by atoms with Crippen LogP contribution in [0.3, 0.4) is 0 Å². The fraction of sp³-hybridized carbons (Fsp3) is 0.323. The van der Waals surface area contributed by atoms with Gasteiger partial charge in [0.1, 0.15) is 18.1 Å². The molecule has 0 unspecified atom stereocenters. The quantitative estimate of drug-likeness (QED) is 0.275. The first-order valence-electron chi connectivity index (χ1n) is 13.3. The van der Waals surface area contributed by atoms with Crippen LogP contribution in [0.25, 0.3) is 22.4 Å². The zero-order valence-electron chi connectivity index (χ0n) is 21.6. The lowest BCUT2D eigenvalue weighted by atomic mass is 9.99. The van der Waals surface area contributed by atoms with Crippen LogP contribution in [-0.4, -0.2) is 32.9 Å². The highest BCUT2D eigenvalue weighted by Crippen LogP contribution is 2.41. The van der Waals surface area contributed by atoms with E-state index in [0.717, 1.165) is 46.8 Å². The van der Waals surface area contributed by atoms with E-state index in [0.29, 0.717) is 24.5 Å². The van der Waals surface area contributed by atoms with Gasteiger partial charge in [0, 0.05) is 29.1 Å². The summed E-state index contributed by atoms with van der Waals surface area (Å²) in [6.45, 7) is 3.03. The third-order valence-corrected chi connectivity index (χ3v) is 7.31. The molecule has 4 aromatic rings. The molecule has 0 bridgehead atoms. The topological polar surface area (TPSA) is 92.3 Å². The number of carbonyl (C=O) groups is 1. The Morgan fingerprint density at radius 2 is 1.71 bits per heavy atom. The predicted molar refractivity (Wildman–Crippen MR) is 146 cm³/mol. The number of rotatable bonds is 10. The number of ether oxygens (including phenoxy) is 2. The van der Waals surface area contributed by atoms with Crippen molar-refractivity contribution in [3.05, 3.63) is 89.9 Å². The minimum absolute atomic E-state index is 0.274. The largest absolute Gasteiger partial charge is 0.489 e. The van der Waals surface area contributed by atoms with Crippen molar-refractivity contribution in [3.8, 4) is 28.1 Å². The van der Waals surface area contributed by atoms with Crippen molar-refractivity contribution in [2.24, 2.45) is 5.73 Å². The number of benzene rings is 2. The molecule has 2 heterocycles. The summed E-state index contributed by atoms with van der Waals surface area (Å²) >= 11 is 0. The van der Waals surface area contributed by atoms with Crippen LogP contribution in [0.1, 0.15) is 60.1 Å². The van der Waals surface area contributed by atoms with Crippen molar-refractivity contribution in [1.82, 2.24) is 14.8 Å². The van der Waals surface area contributed by atoms with Crippen molar-refractivity contribution in [2.45, 2.75) is 57.2 Å². The summed E-state index contributed by atoms with van der Waals surface area (Å²) in [7, 11) is 0. The average Bonchev–Trinajstić information content (AvgIpc) is 3.88. The number of nitrogens with zero attached hydrogens (tertiary/aromatic N) is 3. The van der Waals surface area contributed by atoms with Gasteiger partial charge in [-0.05, 0) is 79.5 Å². The van der Waals surface area contributed by atoms with E-state index >= 15 is 0 Å². The summed E-state index contributed by atoms with van der Waals surface area (Å²) in [4.78, 5) is 17.4. The minimum Gasteiger partial charge on any atom is -0.489 e. The van der Waals surface area contributed by atoms with Crippen molar-refractivity contribution >= 4 is 5.97 Å². The van der Waals surface area contributed by atoms with E-state index < -0.39 is 5.97 Å². The van der Waals surface area contributed by atoms with E-state index in [2.05, 4.69) is 29.2 Å². The fourth-order valence-corrected chi connectivity index (χ4v) is 4.77. The number of hydrogen-bond acceptors (Lipinski definition) is 6. The molecule has 7 heteroatoms. The Labute approximate surface area is 222 Å². The second-order valence-electron chi connectivity index (χ2n) is 10.4. The van der Waals surface area contributed by atoms with Gasteiger partial charge in [-0.2, -0.15) is 5.10 Å². The molecule has 7 nitrogen and oxygen atoms in total. The molecule has 2 fully saturated rings. The zero-order valence-corrected chi connectivity index (χ0v) is 21.6. The maximum absolute atomic E-state index is 13.2. The van der Waals surface area contributed by atoms with Crippen molar-refractivity contribution < 1.29 is 14.3 Å². The molecule has 2 aromatic heterocycles. The first-order chi connectivity index (χ1) is 18.5. The molecule has 6 rings (SSSR count). The van der Waals surface area contributed by atoms with Gasteiger partial charge < -0.3 is 15.2 Å². The Balaban J connectivity index is 1.31. The van der Waals surface area contributed by atoms with Crippen LogP contribution in [-0.2, 0) is 17.9 Å². The summed E-state index contributed by atoms with van der Waals surface area (Å²) in [5.74, 6) is 1.10. The van der Waals surface area contributed by atoms with E-state index in [-0.39, 0.29) is 12.1 Å². The fourth-order valence-electron chi connectivity index (χ4n) is 4.77. The third kappa shape index (κ3) is 5.20. The van der Waals surface area contributed by atoms with E-state index in [4.69, 9.17) is 20.3 Å². The van der Waals surface area contributed by atoms with Crippen LogP contribution in [0.5, 0.6) is 5.75 Å². The van der Waals surface area contributed by atoms with Gasteiger partial charge in [-0.15, -0.1) is 0 Å². The standard InChI is InChI=1S/C31H32N4O3/c1-2-37-30(36)29-27(28(25-13-17-33-18-14-25)34-35(29)20-31(32)15-16-31)24-9-11-26(12-10-24)38-19-21-3-5-22(6-4-21)23-7-8-23/h3-6,9-14,17-18,23H,2,7-8,15-16,19-20,32H2,1H3. The monoisotopic (exact) mass is 508 g/mol. The molecule has 0 saturated heterocycles. The molecule has 38 heavy (non-hydrogen) atoms. The van der Waals surface area contributed by atoms with Gasteiger partial charge in [-0.1, -0.05) is 36.4 Å². The maximum Gasteiger partial charge on any atom is 0.357 e. The molecular formula is C31H32N4O3. The molecule has 0 spiro atoms. The molecule has 2 aliphatic rings. The number of carbonyl (C=O) groups excluding carboxylic acids is 1. The highest BCUT2D eigenvalue weighted by Gasteiger charge is 2.41. The highest BCUT2D eigenvalue weighted by atomic mass is 16.5. The number of esters is 1. The van der Waals surface area contributed by atoms with E-state index in [9.17, 15) is 4.79 Å². The predicted octanol–water partition coefficient (Wildman–Crippen LogP) is 5.74. The Hall–Kier alpha value is -3.97. The van der Waals surface area contributed by atoms with Gasteiger partial charge in [0.2, 0.25) is 0 Å². The minimum atomic E-state index is -0.408. The van der Waals surface area contributed by atoms with Gasteiger partial charge in [0.15, 0.2) is 5.69 Å². The number of hydrogen-bond donors (Lipinski definition) is 1. The summed E-state index contributed by atoms with van der Waals surface area (Å²) in [5, 5.41) is 4.88. The second kappa shape index (κ2) is 10.1. The second-order valence-corrected chi connectivity index (χ2v) is 10.4. The van der Waals surface area contributed by atoms with Crippen LogP contribution in [0.2, 0.25) is 0 Å². The van der Waals surface area contributed by atoms with E-state index in [1.807, 2.05) is 36.4 Å². The SMILES string of the molecule is CCOC(=O)c1c(-c2ccc(OCc3ccc(C4CC4)cc3)cc2)c(-c2ccncc2)nn1CC1(N)CC1. The van der Waals surface area contributed by atoms with Gasteiger partial charge in [-0.3, -0.25) is 9.67 Å². The molecule has 0 radical (unpaired) electrons.